The van der Waals surface area contributed by atoms with E-state index < -0.39 is 33.3 Å². The number of nitro groups is 1. The molecule has 0 radical (unpaired) electrons. The van der Waals surface area contributed by atoms with Gasteiger partial charge >= 0.3 is 0 Å². The first-order valence-corrected chi connectivity index (χ1v) is 5.22. The molecule has 1 atom stereocenters. The molecule has 1 heterocycles. The zero-order valence-corrected chi connectivity index (χ0v) is 8.78. The standard InChI is InChI=1S/C8H5FN2O4S/c1-10-8(12)7-5(9)2-4(11(13)14)3-6(7)16(10)15/h2-3H,1H3. The van der Waals surface area contributed by atoms with Crippen LogP contribution in [-0.2, 0) is 11.0 Å². The molecule has 1 aromatic rings. The van der Waals surface area contributed by atoms with Gasteiger partial charge in [-0.25, -0.2) is 8.60 Å². The Morgan fingerprint density at radius 2 is 2.12 bits per heavy atom. The number of amides is 1. The van der Waals surface area contributed by atoms with Gasteiger partial charge < -0.3 is 0 Å². The summed E-state index contributed by atoms with van der Waals surface area (Å²) in [5, 5.41) is 10.5. The highest BCUT2D eigenvalue weighted by molar-refractivity contribution is 7.83. The van der Waals surface area contributed by atoms with Crippen LogP contribution < -0.4 is 0 Å². The number of non-ortho nitro benzene ring substituents is 1. The Balaban J connectivity index is 2.72. The van der Waals surface area contributed by atoms with Crippen LogP contribution in [0.2, 0.25) is 0 Å². The number of carbonyl (C=O) groups is 1. The van der Waals surface area contributed by atoms with Crippen LogP contribution in [0.15, 0.2) is 17.0 Å². The number of fused-ring (bicyclic) bond motifs is 1. The van der Waals surface area contributed by atoms with Crippen molar-refractivity contribution in [2.45, 2.75) is 4.90 Å². The van der Waals surface area contributed by atoms with E-state index >= 15 is 0 Å². The maximum absolute atomic E-state index is 13.4. The number of nitro benzene ring substituents is 1. The average molecular weight is 244 g/mol. The summed E-state index contributed by atoms with van der Waals surface area (Å²) in [6, 6.07) is 1.60. The Morgan fingerprint density at radius 3 is 2.69 bits per heavy atom. The summed E-state index contributed by atoms with van der Waals surface area (Å²) in [6.07, 6.45) is 0. The summed E-state index contributed by atoms with van der Waals surface area (Å²) >= 11 is 0. The molecule has 84 valence electrons. The van der Waals surface area contributed by atoms with E-state index in [4.69, 9.17) is 0 Å². The van der Waals surface area contributed by atoms with E-state index in [1.165, 1.54) is 7.05 Å². The number of nitrogens with zero attached hydrogens (tertiary/aromatic N) is 2. The van der Waals surface area contributed by atoms with Gasteiger partial charge in [0.2, 0.25) is 0 Å². The van der Waals surface area contributed by atoms with Crippen molar-refractivity contribution in [2.24, 2.45) is 0 Å². The van der Waals surface area contributed by atoms with E-state index in [2.05, 4.69) is 0 Å². The Labute approximate surface area is 91.4 Å². The van der Waals surface area contributed by atoms with Crippen LogP contribution in [0.5, 0.6) is 0 Å². The largest absolute Gasteiger partial charge is 0.273 e. The summed E-state index contributed by atoms with van der Waals surface area (Å²) in [7, 11) is -0.631. The molecule has 0 aliphatic carbocycles. The lowest BCUT2D eigenvalue weighted by atomic mass is 10.2. The summed E-state index contributed by atoms with van der Waals surface area (Å²) in [5.41, 5.74) is -0.876. The van der Waals surface area contributed by atoms with Gasteiger partial charge in [-0.2, -0.15) is 0 Å². The van der Waals surface area contributed by atoms with Crippen LogP contribution in [0.3, 0.4) is 0 Å². The van der Waals surface area contributed by atoms with Gasteiger partial charge in [-0.1, -0.05) is 0 Å². The summed E-state index contributed by atoms with van der Waals surface area (Å²) in [4.78, 5) is 20.9. The van der Waals surface area contributed by atoms with E-state index in [-0.39, 0.29) is 10.5 Å². The van der Waals surface area contributed by atoms with Crippen molar-refractivity contribution in [2.75, 3.05) is 7.05 Å². The highest BCUT2D eigenvalue weighted by Crippen LogP contribution is 2.31. The molecule has 16 heavy (non-hydrogen) atoms. The second kappa shape index (κ2) is 3.34. The quantitative estimate of drug-likeness (QED) is 0.541. The second-order valence-corrected chi connectivity index (χ2v) is 4.60. The van der Waals surface area contributed by atoms with Gasteiger partial charge in [-0.3, -0.25) is 19.2 Å². The molecule has 1 aliphatic heterocycles. The first kappa shape index (κ1) is 10.7. The van der Waals surface area contributed by atoms with E-state index in [0.29, 0.717) is 6.07 Å². The van der Waals surface area contributed by atoms with Gasteiger partial charge in [0.1, 0.15) is 5.82 Å². The molecule has 0 N–H and O–H groups in total. The topological polar surface area (TPSA) is 80.5 Å². The SMILES string of the molecule is CN1C(=O)c2c(F)cc([N+](=O)[O-])cc2S1=O. The van der Waals surface area contributed by atoms with Crippen LogP contribution in [0.25, 0.3) is 0 Å². The predicted molar refractivity (Wildman–Crippen MR) is 51.6 cm³/mol. The fourth-order valence-electron chi connectivity index (χ4n) is 1.40. The molecular weight excluding hydrogens is 239 g/mol. The predicted octanol–water partition coefficient (Wildman–Crippen LogP) is 0.842. The number of halogens is 1. The third kappa shape index (κ3) is 1.30. The minimum Gasteiger partial charge on any atom is -0.268 e. The molecule has 6 nitrogen and oxygen atoms in total. The molecule has 0 spiro atoms. The molecule has 0 bridgehead atoms. The molecule has 1 aromatic carbocycles. The van der Waals surface area contributed by atoms with Gasteiger partial charge in [-0.15, -0.1) is 0 Å². The molecular formula is C8H5FN2O4S. The normalized spacial score (nSPS) is 18.8. The van der Waals surface area contributed by atoms with Crippen molar-refractivity contribution in [1.82, 2.24) is 4.31 Å². The van der Waals surface area contributed by atoms with Crippen LogP contribution in [-0.4, -0.2) is 26.4 Å². The Morgan fingerprint density at radius 1 is 1.50 bits per heavy atom. The van der Waals surface area contributed by atoms with Crippen LogP contribution in [0, 0.1) is 15.9 Å². The first-order valence-electron chi connectivity index (χ1n) is 4.11. The minimum absolute atomic E-state index is 0.154. The van der Waals surface area contributed by atoms with E-state index in [9.17, 15) is 23.5 Å². The van der Waals surface area contributed by atoms with Crippen LogP contribution >= 0.6 is 0 Å². The minimum atomic E-state index is -1.87. The lowest BCUT2D eigenvalue weighted by Gasteiger charge is -2.03. The molecule has 0 aromatic heterocycles. The molecule has 1 aliphatic rings. The smallest absolute Gasteiger partial charge is 0.268 e. The summed E-state index contributed by atoms with van der Waals surface area (Å²) in [6.45, 7) is 0. The van der Waals surface area contributed by atoms with E-state index in [1.54, 1.807) is 0 Å². The van der Waals surface area contributed by atoms with E-state index in [0.717, 1.165) is 10.4 Å². The maximum Gasteiger partial charge on any atom is 0.273 e. The Bertz CT molecular complexity index is 545. The second-order valence-electron chi connectivity index (χ2n) is 3.11. The van der Waals surface area contributed by atoms with Crippen molar-refractivity contribution < 1.29 is 18.3 Å². The number of benzene rings is 1. The zero-order valence-electron chi connectivity index (χ0n) is 7.97. The fourth-order valence-corrected chi connectivity index (χ4v) is 2.52. The van der Waals surface area contributed by atoms with Crippen LogP contribution in [0.4, 0.5) is 10.1 Å². The maximum atomic E-state index is 13.4. The van der Waals surface area contributed by atoms with Gasteiger partial charge in [0, 0.05) is 13.1 Å². The van der Waals surface area contributed by atoms with Gasteiger partial charge in [-0.05, 0) is 0 Å². The Hall–Kier alpha value is -1.83. The molecule has 0 fully saturated rings. The van der Waals surface area contributed by atoms with Gasteiger partial charge in [0.15, 0.2) is 11.0 Å². The molecule has 1 amide bonds. The lowest BCUT2D eigenvalue weighted by molar-refractivity contribution is -0.385. The highest BCUT2D eigenvalue weighted by Gasteiger charge is 2.36. The van der Waals surface area contributed by atoms with Crippen molar-refractivity contribution in [3.05, 3.63) is 33.6 Å². The third-order valence-corrected chi connectivity index (χ3v) is 3.55. The number of hydrogen-bond acceptors (Lipinski definition) is 4. The number of carbonyl (C=O) groups excluding carboxylic acids is 1. The molecule has 2 rings (SSSR count). The third-order valence-electron chi connectivity index (χ3n) is 2.19. The average Bonchev–Trinajstić information content (AvgIpc) is 2.44. The van der Waals surface area contributed by atoms with Crippen molar-refractivity contribution >= 4 is 22.6 Å². The molecule has 8 heteroatoms. The number of rotatable bonds is 1. The summed E-state index contributed by atoms with van der Waals surface area (Å²) < 4.78 is 25.8. The highest BCUT2D eigenvalue weighted by atomic mass is 32.2. The van der Waals surface area contributed by atoms with Crippen molar-refractivity contribution in [3.8, 4) is 0 Å². The number of hydrogen-bond donors (Lipinski definition) is 0. The molecule has 0 saturated heterocycles. The molecule has 0 saturated carbocycles. The van der Waals surface area contributed by atoms with Crippen LogP contribution in [0.1, 0.15) is 10.4 Å². The van der Waals surface area contributed by atoms with Crippen molar-refractivity contribution in [1.29, 1.82) is 0 Å². The summed E-state index contributed by atoms with van der Waals surface area (Å²) in [5.74, 6) is -1.76. The monoisotopic (exact) mass is 244 g/mol. The Kier molecular flexibility index (Phi) is 2.23. The lowest BCUT2D eigenvalue weighted by Crippen LogP contribution is -2.20. The molecule has 1 unspecified atom stereocenters. The zero-order chi connectivity index (χ0) is 12.0. The van der Waals surface area contributed by atoms with Gasteiger partial charge in [0.25, 0.3) is 11.6 Å². The first-order chi connectivity index (χ1) is 7.43. The fraction of sp³-hybridized carbons (Fsp3) is 0.125. The van der Waals surface area contributed by atoms with E-state index in [1.807, 2.05) is 0 Å². The van der Waals surface area contributed by atoms with Crippen molar-refractivity contribution in [3.63, 3.8) is 0 Å². The van der Waals surface area contributed by atoms with Gasteiger partial charge in [0.05, 0.1) is 21.4 Å².